The maximum absolute atomic E-state index is 11.0. The van der Waals surface area contributed by atoms with Gasteiger partial charge in [-0.2, -0.15) is 5.10 Å². The molecule has 2 aromatic rings. The molecule has 0 aliphatic heterocycles. The maximum Gasteiger partial charge on any atom is 0.339 e. The van der Waals surface area contributed by atoms with Gasteiger partial charge < -0.3 is 9.84 Å². The zero-order valence-corrected chi connectivity index (χ0v) is 11.8. The molecule has 1 aromatic carbocycles. The number of aromatic carboxylic acids is 1. The summed E-state index contributed by atoms with van der Waals surface area (Å²) in [6, 6.07) is 6.64. The summed E-state index contributed by atoms with van der Waals surface area (Å²) in [7, 11) is 1.84. The molecule has 0 atom stereocenters. The fourth-order valence-corrected chi connectivity index (χ4v) is 2.39. The number of hydrogen-bond donors (Lipinski definition) is 1. The Morgan fingerprint density at radius 2 is 2.25 bits per heavy atom. The molecule has 2 rings (SSSR count). The van der Waals surface area contributed by atoms with Crippen LogP contribution < -0.4 is 4.74 Å². The van der Waals surface area contributed by atoms with Crippen LogP contribution in [0.1, 0.15) is 16.8 Å². The van der Waals surface area contributed by atoms with Gasteiger partial charge in [0.25, 0.3) is 0 Å². The Balaban J connectivity index is 1.76. The van der Waals surface area contributed by atoms with Crippen LogP contribution in [0.25, 0.3) is 0 Å². The number of nitrogens with zero attached hydrogens (tertiary/aromatic N) is 3. The highest BCUT2D eigenvalue weighted by Crippen LogP contribution is 2.19. The minimum atomic E-state index is -0.978. The van der Waals surface area contributed by atoms with Crippen LogP contribution in [0.5, 0.6) is 5.75 Å². The Morgan fingerprint density at radius 3 is 2.95 bits per heavy atom. The van der Waals surface area contributed by atoms with Crippen LogP contribution in [0.4, 0.5) is 0 Å². The molecule has 0 aliphatic rings. The molecule has 0 bridgehead atoms. The molecule has 0 saturated heterocycles. The first-order valence-electron chi connectivity index (χ1n) is 6.10. The van der Waals surface area contributed by atoms with Gasteiger partial charge >= 0.3 is 5.97 Å². The van der Waals surface area contributed by atoms with Crippen LogP contribution in [0, 0.1) is 0 Å². The van der Waals surface area contributed by atoms with Crippen molar-refractivity contribution in [3.63, 3.8) is 0 Å². The van der Waals surface area contributed by atoms with Gasteiger partial charge in [-0.3, -0.25) is 0 Å². The van der Waals surface area contributed by atoms with Crippen LogP contribution >= 0.6 is 11.8 Å². The number of carboxylic acid groups (broad SMARTS) is 1. The van der Waals surface area contributed by atoms with E-state index in [1.165, 1.54) is 12.4 Å². The van der Waals surface area contributed by atoms with Crippen LogP contribution in [0.15, 0.2) is 35.7 Å². The van der Waals surface area contributed by atoms with Crippen LogP contribution in [-0.2, 0) is 7.05 Å². The Hall–Kier alpha value is -2.02. The summed E-state index contributed by atoms with van der Waals surface area (Å²) in [6.45, 7) is 0.467. The molecule has 0 fully saturated rings. The number of thioether (sulfide) groups is 1. The molecular formula is C13H15N3O3S. The van der Waals surface area contributed by atoms with E-state index in [1.54, 1.807) is 34.6 Å². The van der Waals surface area contributed by atoms with Crippen molar-refractivity contribution in [1.29, 1.82) is 0 Å². The lowest BCUT2D eigenvalue weighted by Crippen LogP contribution is -2.05. The Morgan fingerprint density at radius 1 is 1.45 bits per heavy atom. The average Bonchev–Trinajstić information content (AvgIpc) is 2.84. The summed E-state index contributed by atoms with van der Waals surface area (Å²) >= 11 is 1.59. The SMILES string of the molecule is Cn1ncnc1SCCCOc1ccccc1C(=O)O. The molecule has 7 heteroatoms. The Labute approximate surface area is 120 Å². The second kappa shape index (κ2) is 6.95. The van der Waals surface area contributed by atoms with Crippen molar-refractivity contribution in [3.05, 3.63) is 36.2 Å². The molecule has 1 heterocycles. The third-order valence-corrected chi connectivity index (χ3v) is 3.69. The van der Waals surface area contributed by atoms with Crippen molar-refractivity contribution in [2.24, 2.45) is 7.05 Å². The summed E-state index contributed by atoms with van der Waals surface area (Å²) in [5.74, 6) is 0.264. The van der Waals surface area contributed by atoms with Crippen molar-refractivity contribution in [1.82, 2.24) is 14.8 Å². The number of hydrogen-bond acceptors (Lipinski definition) is 5. The number of rotatable bonds is 7. The fraction of sp³-hybridized carbons (Fsp3) is 0.308. The van der Waals surface area contributed by atoms with Gasteiger partial charge in [0.2, 0.25) is 0 Å². The molecule has 20 heavy (non-hydrogen) atoms. The minimum Gasteiger partial charge on any atom is -0.493 e. The second-order valence-corrected chi connectivity index (χ2v) is 5.08. The van der Waals surface area contributed by atoms with Gasteiger partial charge in [0.05, 0.1) is 6.61 Å². The standard InChI is InChI=1S/C13H15N3O3S/c1-16-13(14-9-15-16)20-8-4-7-19-11-6-3-2-5-10(11)12(17)18/h2-3,5-6,9H,4,7-8H2,1H3,(H,17,18). The van der Waals surface area contributed by atoms with E-state index in [4.69, 9.17) is 9.84 Å². The van der Waals surface area contributed by atoms with Crippen molar-refractivity contribution < 1.29 is 14.6 Å². The lowest BCUT2D eigenvalue weighted by atomic mass is 10.2. The normalized spacial score (nSPS) is 10.4. The van der Waals surface area contributed by atoms with E-state index >= 15 is 0 Å². The predicted octanol–water partition coefficient (Wildman–Crippen LogP) is 2.07. The summed E-state index contributed by atoms with van der Waals surface area (Å²) in [5, 5.41) is 13.9. The van der Waals surface area contributed by atoms with E-state index in [0.717, 1.165) is 17.3 Å². The molecule has 0 amide bonds. The van der Waals surface area contributed by atoms with Gasteiger partial charge in [-0.15, -0.1) is 0 Å². The minimum absolute atomic E-state index is 0.188. The van der Waals surface area contributed by atoms with Gasteiger partial charge in [-0.05, 0) is 18.6 Å². The van der Waals surface area contributed by atoms with Gasteiger partial charge in [-0.1, -0.05) is 23.9 Å². The maximum atomic E-state index is 11.0. The van der Waals surface area contributed by atoms with Crippen molar-refractivity contribution in [2.75, 3.05) is 12.4 Å². The summed E-state index contributed by atoms with van der Waals surface area (Å²) in [5.41, 5.74) is 0.188. The quantitative estimate of drug-likeness (QED) is 0.622. The van der Waals surface area contributed by atoms with E-state index in [-0.39, 0.29) is 5.56 Å². The smallest absolute Gasteiger partial charge is 0.339 e. The van der Waals surface area contributed by atoms with E-state index in [0.29, 0.717) is 12.4 Å². The lowest BCUT2D eigenvalue weighted by Gasteiger charge is -2.08. The van der Waals surface area contributed by atoms with Crippen molar-refractivity contribution in [3.8, 4) is 5.75 Å². The first-order chi connectivity index (χ1) is 9.68. The number of ether oxygens (including phenoxy) is 1. The number of para-hydroxylation sites is 1. The molecule has 0 aliphatic carbocycles. The third kappa shape index (κ3) is 3.74. The van der Waals surface area contributed by atoms with Crippen molar-refractivity contribution in [2.45, 2.75) is 11.6 Å². The summed E-state index contributed by atoms with van der Waals surface area (Å²) in [6.07, 6.45) is 2.31. The molecule has 0 unspecified atom stereocenters. The highest BCUT2D eigenvalue weighted by atomic mass is 32.2. The number of carboxylic acids is 1. The molecule has 0 spiro atoms. The van der Waals surface area contributed by atoms with E-state index < -0.39 is 5.97 Å². The first-order valence-corrected chi connectivity index (χ1v) is 7.09. The Bertz CT molecular complexity index is 586. The molecule has 1 aromatic heterocycles. The molecule has 0 radical (unpaired) electrons. The topological polar surface area (TPSA) is 77.2 Å². The number of aryl methyl sites for hydroxylation is 1. The number of benzene rings is 1. The average molecular weight is 293 g/mol. The van der Waals surface area contributed by atoms with Crippen LogP contribution in [0.2, 0.25) is 0 Å². The lowest BCUT2D eigenvalue weighted by molar-refractivity contribution is 0.0692. The highest BCUT2D eigenvalue weighted by Gasteiger charge is 2.09. The molecular weight excluding hydrogens is 278 g/mol. The van der Waals surface area contributed by atoms with E-state index in [1.807, 2.05) is 7.05 Å². The third-order valence-electron chi connectivity index (χ3n) is 2.56. The molecule has 106 valence electrons. The van der Waals surface area contributed by atoms with Gasteiger partial charge in [0, 0.05) is 12.8 Å². The molecule has 0 saturated carbocycles. The Kier molecular flexibility index (Phi) is 5.00. The predicted molar refractivity (Wildman–Crippen MR) is 75.2 cm³/mol. The van der Waals surface area contributed by atoms with Crippen LogP contribution in [0.3, 0.4) is 0 Å². The van der Waals surface area contributed by atoms with Crippen LogP contribution in [-0.4, -0.2) is 38.2 Å². The van der Waals surface area contributed by atoms with E-state index in [9.17, 15) is 4.79 Å². The van der Waals surface area contributed by atoms with Gasteiger partial charge in [0.15, 0.2) is 5.16 Å². The van der Waals surface area contributed by atoms with Crippen molar-refractivity contribution >= 4 is 17.7 Å². The summed E-state index contributed by atoms with van der Waals surface area (Å²) < 4.78 is 7.22. The summed E-state index contributed by atoms with van der Waals surface area (Å²) in [4.78, 5) is 15.1. The monoisotopic (exact) mass is 293 g/mol. The second-order valence-electron chi connectivity index (χ2n) is 4.02. The molecule has 6 nitrogen and oxygen atoms in total. The first kappa shape index (κ1) is 14.4. The largest absolute Gasteiger partial charge is 0.493 e. The van der Waals surface area contributed by atoms with Gasteiger partial charge in [-0.25, -0.2) is 14.5 Å². The number of aromatic nitrogens is 3. The van der Waals surface area contributed by atoms with E-state index in [2.05, 4.69) is 10.1 Å². The zero-order chi connectivity index (χ0) is 14.4. The molecule has 1 N–H and O–H groups in total. The highest BCUT2D eigenvalue weighted by molar-refractivity contribution is 7.99. The van der Waals surface area contributed by atoms with Gasteiger partial charge in [0.1, 0.15) is 17.6 Å². The fourth-order valence-electron chi connectivity index (χ4n) is 1.59. The zero-order valence-electron chi connectivity index (χ0n) is 11.0. The number of carbonyl (C=O) groups is 1.